The van der Waals surface area contributed by atoms with E-state index in [0.29, 0.717) is 17.5 Å². The molecule has 0 fully saturated rings. The van der Waals surface area contributed by atoms with E-state index in [2.05, 4.69) is 152 Å². The van der Waals surface area contributed by atoms with Crippen LogP contribution in [0.25, 0.3) is 96.8 Å². The van der Waals surface area contributed by atoms with Gasteiger partial charge in [0.1, 0.15) is 0 Å². The van der Waals surface area contributed by atoms with Crippen LogP contribution in [-0.4, -0.2) is 15.0 Å². The van der Waals surface area contributed by atoms with Gasteiger partial charge in [0.25, 0.3) is 0 Å². The van der Waals surface area contributed by atoms with Crippen LogP contribution in [0.5, 0.6) is 0 Å². The maximum absolute atomic E-state index is 5.00. The highest BCUT2D eigenvalue weighted by Gasteiger charge is 2.46. The van der Waals surface area contributed by atoms with Crippen LogP contribution < -0.4 is 0 Å². The SMILES string of the molecule is c1ccc(-c2nc(-c3ccccc3)nc(-c3ccc4c(c3)sc3cc(-c5ccc(C6(c7ccc8sc9ccccc9c8c7)c7ccccc7-c7ccccc76)cc5)ccc34)n2)cc1. The Morgan fingerprint density at radius 2 is 0.746 bits per heavy atom. The van der Waals surface area contributed by atoms with Crippen molar-refractivity contribution in [3.05, 3.63) is 235 Å². The maximum Gasteiger partial charge on any atom is 0.164 e. The summed E-state index contributed by atoms with van der Waals surface area (Å²) in [5.74, 6) is 1.99. The Kier molecular flexibility index (Phi) is 8.17. The van der Waals surface area contributed by atoms with E-state index in [0.717, 1.165) is 16.7 Å². The molecule has 5 heteroatoms. The molecule has 13 rings (SSSR count). The lowest BCUT2D eigenvalue weighted by molar-refractivity contribution is 0.770. The van der Waals surface area contributed by atoms with Crippen molar-refractivity contribution in [2.45, 2.75) is 5.41 Å². The first-order chi connectivity index (χ1) is 31.2. The van der Waals surface area contributed by atoms with Crippen LogP contribution in [0.4, 0.5) is 0 Å². The van der Waals surface area contributed by atoms with Gasteiger partial charge in [-0.1, -0.05) is 182 Å². The van der Waals surface area contributed by atoms with E-state index in [1.807, 2.05) is 83.3 Å². The number of hydrogen-bond donors (Lipinski definition) is 0. The number of fused-ring (bicyclic) bond motifs is 9. The zero-order valence-electron chi connectivity index (χ0n) is 33.9. The summed E-state index contributed by atoms with van der Waals surface area (Å²) in [6, 6.07) is 77.2. The molecule has 0 atom stereocenters. The van der Waals surface area contributed by atoms with Crippen LogP contribution >= 0.6 is 22.7 Å². The van der Waals surface area contributed by atoms with Gasteiger partial charge in [-0.3, -0.25) is 0 Å². The van der Waals surface area contributed by atoms with Gasteiger partial charge in [0.15, 0.2) is 17.5 Å². The molecule has 0 saturated heterocycles. The number of benzene rings is 9. The van der Waals surface area contributed by atoms with E-state index in [9.17, 15) is 0 Å². The second-order valence-electron chi connectivity index (χ2n) is 16.3. The van der Waals surface area contributed by atoms with Crippen molar-refractivity contribution in [3.63, 3.8) is 0 Å². The van der Waals surface area contributed by atoms with Gasteiger partial charge in [-0.05, 0) is 74.8 Å². The summed E-state index contributed by atoms with van der Waals surface area (Å²) in [7, 11) is 0. The lowest BCUT2D eigenvalue weighted by atomic mass is 9.67. The van der Waals surface area contributed by atoms with Crippen LogP contribution in [0, 0.1) is 0 Å². The number of aromatic nitrogens is 3. The lowest BCUT2D eigenvalue weighted by Gasteiger charge is -2.34. The number of thiophene rings is 2. The van der Waals surface area contributed by atoms with Crippen molar-refractivity contribution >= 4 is 63.0 Å². The molecule has 1 aliphatic carbocycles. The monoisotopic (exact) mass is 837 g/mol. The van der Waals surface area contributed by atoms with Gasteiger partial charge in [0, 0.05) is 57.0 Å². The lowest BCUT2D eigenvalue weighted by Crippen LogP contribution is -2.28. The number of nitrogens with zero attached hydrogens (tertiary/aromatic N) is 3. The molecule has 12 aromatic rings. The van der Waals surface area contributed by atoms with E-state index >= 15 is 0 Å². The third-order valence-electron chi connectivity index (χ3n) is 12.8. The topological polar surface area (TPSA) is 38.7 Å². The third kappa shape index (κ3) is 5.67. The van der Waals surface area contributed by atoms with Crippen LogP contribution in [-0.2, 0) is 5.41 Å². The summed E-state index contributed by atoms with van der Waals surface area (Å²) >= 11 is 3.69. The Bertz CT molecular complexity index is 3630. The predicted octanol–water partition coefficient (Wildman–Crippen LogP) is 15.6. The summed E-state index contributed by atoms with van der Waals surface area (Å²) in [4.78, 5) is 14.9. The minimum absolute atomic E-state index is 0.474. The summed E-state index contributed by atoms with van der Waals surface area (Å²) < 4.78 is 5.09. The average Bonchev–Trinajstić information content (AvgIpc) is 4.02. The van der Waals surface area contributed by atoms with E-state index in [-0.39, 0.29) is 0 Å². The van der Waals surface area contributed by atoms with Gasteiger partial charge in [0.2, 0.25) is 0 Å². The zero-order valence-corrected chi connectivity index (χ0v) is 35.5. The molecule has 0 amide bonds. The molecule has 3 aromatic heterocycles. The minimum atomic E-state index is -0.474. The Labute approximate surface area is 372 Å². The largest absolute Gasteiger partial charge is 0.208 e. The van der Waals surface area contributed by atoms with Gasteiger partial charge in [-0.25, -0.2) is 15.0 Å². The van der Waals surface area contributed by atoms with Gasteiger partial charge in [-0.2, -0.15) is 0 Å². The van der Waals surface area contributed by atoms with Crippen molar-refractivity contribution in [2.75, 3.05) is 0 Å². The van der Waals surface area contributed by atoms with Crippen LogP contribution in [0.15, 0.2) is 212 Å². The second kappa shape index (κ2) is 14.2. The molecule has 9 aromatic carbocycles. The van der Waals surface area contributed by atoms with Gasteiger partial charge >= 0.3 is 0 Å². The second-order valence-corrected chi connectivity index (χ2v) is 18.5. The molecule has 3 heterocycles. The average molecular weight is 838 g/mol. The molecule has 0 spiro atoms. The van der Waals surface area contributed by atoms with E-state index in [1.54, 1.807) is 0 Å². The molecular weight excluding hydrogens is 803 g/mol. The van der Waals surface area contributed by atoms with E-state index in [1.165, 1.54) is 84.9 Å². The third-order valence-corrected chi connectivity index (χ3v) is 15.1. The van der Waals surface area contributed by atoms with Crippen LogP contribution in [0.3, 0.4) is 0 Å². The van der Waals surface area contributed by atoms with Gasteiger partial charge < -0.3 is 0 Å². The zero-order chi connectivity index (χ0) is 41.5. The first-order valence-electron chi connectivity index (χ1n) is 21.2. The summed E-state index contributed by atoms with van der Waals surface area (Å²) in [5, 5.41) is 5.12. The first-order valence-corrected chi connectivity index (χ1v) is 22.9. The summed E-state index contributed by atoms with van der Waals surface area (Å²) in [6.07, 6.45) is 0. The van der Waals surface area contributed by atoms with Crippen molar-refractivity contribution in [2.24, 2.45) is 0 Å². The van der Waals surface area contributed by atoms with Gasteiger partial charge in [-0.15, -0.1) is 22.7 Å². The van der Waals surface area contributed by atoms with E-state index < -0.39 is 5.41 Å². The molecule has 294 valence electrons. The van der Waals surface area contributed by atoms with Crippen molar-refractivity contribution in [1.29, 1.82) is 0 Å². The molecule has 1 aliphatic rings. The molecule has 0 unspecified atom stereocenters. The predicted molar refractivity (Wildman–Crippen MR) is 265 cm³/mol. The first kappa shape index (κ1) is 36.1. The molecular formula is C58H35N3S2. The smallest absolute Gasteiger partial charge is 0.164 e. The Hall–Kier alpha value is -7.57. The summed E-state index contributed by atoms with van der Waals surface area (Å²) in [6.45, 7) is 0. The Morgan fingerprint density at radius 1 is 0.286 bits per heavy atom. The molecule has 0 N–H and O–H groups in total. The molecule has 3 nitrogen and oxygen atoms in total. The standard InChI is InChI=1S/C58H35N3S2/c1-3-13-37(14-4-1)55-59-56(38-15-5-2-6-16-38)61-57(60-55)40-26-31-47-46-30-25-39(33-53(46)63-54(47)34-40)36-23-27-41(28-24-36)58(49-20-10-7-17-43(49)44-18-8-11-21-50(44)58)42-29-32-52-48(35-42)45-19-9-12-22-51(45)62-52/h1-35H. The maximum atomic E-state index is 5.00. The highest BCUT2D eigenvalue weighted by molar-refractivity contribution is 7.26. The fourth-order valence-corrected chi connectivity index (χ4v) is 12.2. The number of hydrogen-bond acceptors (Lipinski definition) is 5. The Balaban J connectivity index is 0.908. The molecule has 63 heavy (non-hydrogen) atoms. The van der Waals surface area contributed by atoms with E-state index in [4.69, 9.17) is 15.0 Å². The van der Waals surface area contributed by atoms with Crippen molar-refractivity contribution in [1.82, 2.24) is 15.0 Å². The van der Waals surface area contributed by atoms with Crippen molar-refractivity contribution in [3.8, 4) is 56.4 Å². The highest BCUT2D eigenvalue weighted by atomic mass is 32.1. The minimum Gasteiger partial charge on any atom is -0.208 e. The number of rotatable bonds is 6. The van der Waals surface area contributed by atoms with Crippen LogP contribution in [0.1, 0.15) is 22.3 Å². The van der Waals surface area contributed by atoms with Gasteiger partial charge in [0.05, 0.1) is 5.41 Å². The highest BCUT2D eigenvalue weighted by Crippen LogP contribution is 2.57. The fourth-order valence-electron chi connectivity index (χ4n) is 9.93. The Morgan fingerprint density at radius 3 is 1.40 bits per heavy atom. The molecule has 0 radical (unpaired) electrons. The fraction of sp³-hybridized carbons (Fsp3) is 0.0172. The molecule has 0 saturated carbocycles. The van der Waals surface area contributed by atoms with Crippen molar-refractivity contribution < 1.29 is 0 Å². The quantitative estimate of drug-likeness (QED) is 0.167. The molecule has 0 aliphatic heterocycles. The molecule has 0 bridgehead atoms. The van der Waals surface area contributed by atoms with Crippen LogP contribution in [0.2, 0.25) is 0 Å². The normalized spacial score (nSPS) is 12.9. The summed E-state index contributed by atoms with van der Waals surface area (Å²) in [5.41, 5.74) is 12.6.